The van der Waals surface area contributed by atoms with E-state index in [4.69, 9.17) is 26.3 Å². The molecule has 0 unspecified atom stereocenters. The molecule has 0 atom stereocenters. The maximum atomic E-state index is 12.8. The number of aromatic amines is 1. The van der Waals surface area contributed by atoms with Crippen LogP contribution in [-0.4, -0.2) is 41.6 Å². The minimum Gasteiger partial charge on any atom is -0.466 e. The summed E-state index contributed by atoms with van der Waals surface area (Å²) in [6.45, 7) is 3.55. The summed E-state index contributed by atoms with van der Waals surface area (Å²) < 4.78 is 10.2. The summed E-state index contributed by atoms with van der Waals surface area (Å²) >= 11 is 5.94. The average molecular weight is 421 g/mol. The summed E-state index contributed by atoms with van der Waals surface area (Å²) in [5, 5.41) is 12.1. The minimum absolute atomic E-state index is 0.0446. The molecule has 0 fully saturated rings. The molecule has 0 spiro atoms. The van der Waals surface area contributed by atoms with Crippen LogP contribution in [0.25, 0.3) is 11.3 Å². The molecule has 0 aliphatic carbocycles. The molecule has 0 saturated heterocycles. The number of nitrogens with one attached hydrogen (secondary N) is 1. The highest BCUT2D eigenvalue weighted by atomic mass is 35.5. The molecular weight excluding hydrogens is 400 g/mol. The molecule has 9 heteroatoms. The van der Waals surface area contributed by atoms with Crippen molar-refractivity contribution in [3.63, 3.8) is 0 Å². The van der Waals surface area contributed by atoms with Gasteiger partial charge in [-0.15, -0.1) is 5.16 Å². The molecule has 0 radical (unpaired) electrons. The van der Waals surface area contributed by atoms with Crippen molar-refractivity contribution in [3.05, 3.63) is 56.3 Å². The maximum absolute atomic E-state index is 12.8. The van der Waals surface area contributed by atoms with Crippen molar-refractivity contribution in [2.75, 3.05) is 13.2 Å². The van der Waals surface area contributed by atoms with E-state index in [0.717, 1.165) is 6.21 Å². The second kappa shape index (κ2) is 10.4. The Morgan fingerprint density at radius 1 is 1.14 bits per heavy atom. The monoisotopic (exact) mass is 420 g/mol. The van der Waals surface area contributed by atoms with Gasteiger partial charge in [0.25, 0.3) is 5.56 Å². The highest BCUT2D eigenvalue weighted by Gasteiger charge is 2.26. The maximum Gasteiger partial charge on any atom is 0.340 e. The first-order valence-corrected chi connectivity index (χ1v) is 9.33. The number of nitrogens with zero attached hydrogens (tertiary/aromatic N) is 1. The van der Waals surface area contributed by atoms with Crippen LogP contribution in [-0.2, 0) is 27.1 Å². The number of oxime groups is 1. The Hall–Kier alpha value is -3.13. The van der Waals surface area contributed by atoms with E-state index in [0.29, 0.717) is 10.6 Å². The molecule has 0 aliphatic heterocycles. The molecular formula is C20H21ClN2O6. The average Bonchev–Trinajstić information content (AvgIpc) is 2.68. The van der Waals surface area contributed by atoms with Crippen LogP contribution in [0.15, 0.2) is 34.2 Å². The van der Waals surface area contributed by atoms with Crippen molar-refractivity contribution in [1.82, 2.24) is 4.98 Å². The van der Waals surface area contributed by atoms with Gasteiger partial charge in [0.2, 0.25) is 0 Å². The fraction of sp³-hybridized carbons (Fsp3) is 0.300. The lowest BCUT2D eigenvalue weighted by molar-refractivity contribution is -0.142. The highest BCUT2D eigenvalue weighted by Crippen LogP contribution is 2.27. The number of esters is 2. The Labute approximate surface area is 172 Å². The molecule has 1 aromatic carbocycles. The van der Waals surface area contributed by atoms with E-state index in [-0.39, 0.29) is 48.4 Å². The van der Waals surface area contributed by atoms with Crippen LogP contribution in [0.4, 0.5) is 0 Å². The van der Waals surface area contributed by atoms with Crippen LogP contribution in [0.2, 0.25) is 5.02 Å². The first-order chi connectivity index (χ1) is 13.9. The Morgan fingerprint density at radius 3 is 2.38 bits per heavy atom. The van der Waals surface area contributed by atoms with Gasteiger partial charge < -0.3 is 19.7 Å². The van der Waals surface area contributed by atoms with Gasteiger partial charge in [-0.05, 0) is 37.1 Å². The first-order valence-electron chi connectivity index (χ1n) is 8.95. The Bertz CT molecular complexity index is 966. The van der Waals surface area contributed by atoms with Gasteiger partial charge in [0.1, 0.15) is 0 Å². The van der Waals surface area contributed by atoms with E-state index in [1.807, 2.05) is 0 Å². The van der Waals surface area contributed by atoms with Crippen LogP contribution in [0.3, 0.4) is 0 Å². The molecule has 2 aromatic rings. The SMILES string of the molecule is CCOC(=O)Cc1c(C(=O)OCC)c(-c2ccc(Cl)cc2)[nH]c(=O)c1C/C=N/O. The molecule has 0 amide bonds. The molecule has 8 nitrogen and oxygen atoms in total. The predicted molar refractivity (Wildman–Crippen MR) is 108 cm³/mol. The Kier molecular flexibility index (Phi) is 7.97. The number of benzene rings is 1. The van der Waals surface area contributed by atoms with Gasteiger partial charge in [0.15, 0.2) is 0 Å². The van der Waals surface area contributed by atoms with Crippen LogP contribution in [0, 0.1) is 0 Å². The quantitative estimate of drug-likeness (QED) is 0.293. The molecule has 29 heavy (non-hydrogen) atoms. The summed E-state index contributed by atoms with van der Waals surface area (Å²) in [6.07, 6.45) is 0.686. The van der Waals surface area contributed by atoms with E-state index in [1.165, 1.54) is 0 Å². The molecule has 0 bridgehead atoms. The number of pyridine rings is 1. The lowest BCUT2D eigenvalue weighted by atomic mass is 9.93. The van der Waals surface area contributed by atoms with E-state index < -0.39 is 17.5 Å². The second-order valence-corrected chi connectivity index (χ2v) is 6.31. The fourth-order valence-electron chi connectivity index (χ4n) is 2.85. The zero-order chi connectivity index (χ0) is 21.4. The van der Waals surface area contributed by atoms with E-state index in [2.05, 4.69) is 10.1 Å². The number of carbonyl (C=O) groups excluding carboxylic acids is 2. The van der Waals surface area contributed by atoms with Gasteiger partial charge in [0.05, 0.1) is 30.9 Å². The van der Waals surface area contributed by atoms with Gasteiger partial charge in [-0.3, -0.25) is 9.59 Å². The number of halogens is 1. The van der Waals surface area contributed by atoms with Crippen LogP contribution >= 0.6 is 11.6 Å². The summed E-state index contributed by atoms with van der Waals surface area (Å²) in [4.78, 5) is 40.4. The van der Waals surface area contributed by atoms with Gasteiger partial charge in [-0.25, -0.2) is 4.79 Å². The number of ether oxygens (including phenoxy) is 2. The molecule has 2 N–H and O–H groups in total. The third-order valence-corrected chi connectivity index (χ3v) is 4.30. The summed E-state index contributed by atoms with van der Waals surface area (Å²) in [6, 6.07) is 6.50. The van der Waals surface area contributed by atoms with Gasteiger partial charge in [-0.2, -0.15) is 0 Å². The number of hydrogen-bond donors (Lipinski definition) is 2. The molecule has 154 valence electrons. The minimum atomic E-state index is -0.699. The Morgan fingerprint density at radius 2 is 1.79 bits per heavy atom. The smallest absolute Gasteiger partial charge is 0.340 e. The summed E-state index contributed by atoms with van der Waals surface area (Å²) in [7, 11) is 0. The number of rotatable bonds is 8. The molecule has 1 heterocycles. The number of H-pyrrole nitrogens is 1. The van der Waals surface area contributed by atoms with Crippen molar-refractivity contribution in [3.8, 4) is 11.3 Å². The zero-order valence-corrected chi connectivity index (χ0v) is 16.8. The van der Waals surface area contributed by atoms with Crippen LogP contribution < -0.4 is 5.56 Å². The molecule has 1 aromatic heterocycles. The topological polar surface area (TPSA) is 118 Å². The van der Waals surface area contributed by atoms with Crippen molar-refractivity contribution in [2.24, 2.45) is 5.16 Å². The van der Waals surface area contributed by atoms with Gasteiger partial charge in [0, 0.05) is 23.2 Å². The number of aromatic nitrogens is 1. The molecule has 2 rings (SSSR count). The molecule has 0 saturated carbocycles. The second-order valence-electron chi connectivity index (χ2n) is 5.87. The van der Waals surface area contributed by atoms with Crippen LogP contribution in [0.5, 0.6) is 0 Å². The lowest BCUT2D eigenvalue weighted by Crippen LogP contribution is -2.25. The zero-order valence-electron chi connectivity index (χ0n) is 16.0. The fourth-order valence-corrected chi connectivity index (χ4v) is 2.98. The largest absolute Gasteiger partial charge is 0.466 e. The highest BCUT2D eigenvalue weighted by molar-refractivity contribution is 6.30. The lowest BCUT2D eigenvalue weighted by Gasteiger charge is -2.17. The first kappa shape index (κ1) is 22.2. The normalized spacial score (nSPS) is 10.9. The van der Waals surface area contributed by atoms with Crippen molar-refractivity contribution >= 4 is 29.8 Å². The van der Waals surface area contributed by atoms with Crippen LogP contribution in [0.1, 0.15) is 35.3 Å². The van der Waals surface area contributed by atoms with Gasteiger partial charge in [-0.1, -0.05) is 23.7 Å². The Balaban J connectivity index is 2.80. The predicted octanol–water partition coefficient (Wildman–Crippen LogP) is 2.98. The molecule has 0 aliphatic rings. The number of hydrogen-bond acceptors (Lipinski definition) is 7. The standard InChI is InChI=1S/C20H21ClN2O6/c1-3-28-16(24)11-15-14(9-10-22-27)19(25)23-18(17(15)20(26)29-4-2)12-5-7-13(21)8-6-12/h5-8,10,27H,3-4,9,11H2,1-2H3,(H,23,25)/b22-10+. The van der Waals surface area contributed by atoms with Crippen molar-refractivity contribution in [1.29, 1.82) is 0 Å². The number of carbonyl (C=O) groups is 2. The summed E-state index contributed by atoms with van der Waals surface area (Å²) in [5.74, 6) is -1.30. The summed E-state index contributed by atoms with van der Waals surface area (Å²) in [5.41, 5.74) is 0.508. The van der Waals surface area contributed by atoms with Crippen molar-refractivity contribution in [2.45, 2.75) is 26.7 Å². The van der Waals surface area contributed by atoms with E-state index >= 15 is 0 Å². The third-order valence-electron chi connectivity index (χ3n) is 4.04. The van der Waals surface area contributed by atoms with Crippen molar-refractivity contribution < 1.29 is 24.3 Å². The van der Waals surface area contributed by atoms with E-state index in [1.54, 1.807) is 38.1 Å². The van der Waals surface area contributed by atoms with E-state index in [9.17, 15) is 14.4 Å². The third kappa shape index (κ3) is 5.45. The van der Waals surface area contributed by atoms with Gasteiger partial charge >= 0.3 is 11.9 Å².